The maximum Gasteiger partial charge on any atom is 0.323 e. The van der Waals surface area contributed by atoms with Gasteiger partial charge in [0, 0.05) is 49.7 Å². The molecule has 0 saturated carbocycles. The molecule has 45 heavy (non-hydrogen) atoms. The number of halogens is 1. The molecule has 2 saturated heterocycles. The van der Waals surface area contributed by atoms with Crippen LogP contribution in [-0.2, 0) is 16.0 Å². The lowest BCUT2D eigenvalue weighted by Gasteiger charge is -2.36. The van der Waals surface area contributed by atoms with Crippen molar-refractivity contribution in [1.82, 2.24) is 14.7 Å². The third kappa shape index (κ3) is 8.96. The van der Waals surface area contributed by atoms with Gasteiger partial charge in [-0.15, -0.1) is 0 Å². The lowest BCUT2D eigenvalue weighted by Crippen LogP contribution is -2.52. The molecule has 12 heteroatoms. The summed E-state index contributed by atoms with van der Waals surface area (Å²) in [6.07, 6.45) is 0.731. The van der Waals surface area contributed by atoms with Gasteiger partial charge >= 0.3 is 12.0 Å². The first-order chi connectivity index (χ1) is 21.8. The number of benzene rings is 3. The highest BCUT2D eigenvalue weighted by Gasteiger charge is 2.38. The Labute approximate surface area is 271 Å². The number of methoxy groups -OCH3 is 1. The number of carboxylic acids is 1. The summed E-state index contributed by atoms with van der Waals surface area (Å²) in [5.74, 6) is 0.388. The van der Waals surface area contributed by atoms with Crippen molar-refractivity contribution in [3.05, 3.63) is 82.8 Å². The van der Waals surface area contributed by atoms with Crippen LogP contribution >= 0.6 is 15.9 Å². The maximum absolute atomic E-state index is 13.8. The molecule has 5 rings (SSSR count). The van der Waals surface area contributed by atoms with Gasteiger partial charge in [0.05, 0.1) is 38.0 Å². The molecule has 2 heterocycles. The van der Waals surface area contributed by atoms with Crippen LogP contribution in [0.15, 0.2) is 77.3 Å². The van der Waals surface area contributed by atoms with Crippen molar-refractivity contribution in [2.24, 2.45) is 0 Å². The van der Waals surface area contributed by atoms with E-state index in [2.05, 4.69) is 31.5 Å². The average molecular weight is 681 g/mol. The number of nitrogens with zero attached hydrogens (tertiary/aromatic N) is 3. The lowest BCUT2D eigenvalue weighted by atomic mass is 10.1. The monoisotopic (exact) mass is 679 g/mol. The van der Waals surface area contributed by atoms with E-state index in [1.807, 2.05) is 64.4 Å². The Morgan fingerprint density at radius 3 is 2.31 bits per heavy atom. The first-order valence-corrected chi connectivity index (χ1v) is 15.7. The minimum absolute atomic E-state index is 0.0156. The van der Waals surface area contributed by atoms with Crippen LogP contribution in [0.4, 0.5) is 16.2 Å². The van der Waals surface area contributed by atoms with Gasteiger partial charge < -0.3 is 30.1 Å². The predicted molar refractivity (Wildman–Crippen MR) is 175 cm³/mol. The molecule has 0 bridgehead atoms. The minimum atomic E-state index is -0.818. The maximum atomic E-state index is 13.8. The lowest BCUT2D eigenvalue weighted by molar-refractivity contribution is -0.139. The summed E-state index contributed by atoms with van der Waals surface area (Å²) < 4.78 is 12.6. The standard InChI is InChI=1S/C33H38BrN5O6/c1-44-30-17-23(11-12-29(30)36-33(43)35-28-10-6-5-9-27(28)34)18-31(40)39-21-26(45-25-7-3-2-4-8-25)19-24(39)20-37-13-15-38(16-14-37)22-32(41)42/h2-12,17,24,26H,13-16,18-22H2,1H3,(H,41,42)(H2,35,36,43). The highest BCUT2D eigenvalue weighted by Crippen LogP contribution is 2.29. The average Bonchev–Trinajstić information content (AvgIpc) is 3.42. The van der Waals surface area contributed by atoms with E-state index in [0.29, 0.717) is 49.7 Å². The molecule has 0 aliphatic carbocycles. The Hall–Kier alpha value is -4.13. The second-order valence-electron chi connectivity index (χ2n) is 11.2. The molecule has 11 nitrogen and oxygen atoms in total. The van der Waals surface area contributed by atoms with Gasteiger partial charge in [0.1, 0.15) is 17.6 Å². The predicted octanol–water partition coefficient (Wildman–Crippen LogP) is 4.39. The van der Waals surface area contributed by atoms with Gasteiger partial charge in [-0.05, 0) is 57.9 Å². The van der Waals surface area contributed by atoms with Crippen molar-refractivity contribution in [1.29, 1.82) is 0 Å². The van der Waals surface area contributed by atoms with E-state index in [1.165, 1.54) is 7.11 Å². The Bertz CT molecular complexity index is 1480. The summed E-state index contributed by atoms with van der Waals surface area (Å²) in [4.78, 5) is 43.7. The number of nitrogens with one attached hydrogen (secondary N) is 2. The highest BCUT2D eigenvalue weighted by molar-refractivity contribution is 9.10. The van der Waals surface area contributed by atoms with Crippen LogP contribution in [0.2, 0.25) is 0 Å². The molecule has 0 spiro atoms. The SMILES string of the molecule is COc1cc(CC(=O)N2CC(Oc3ccccc3)CC2CN2CCN(CC(=O)O)CC2)ccc1NC(=O)Nc1ccccc1Br. The molecule has 3 N–H and O–H groups in total. The van der Waals surface area contributed by atoms with E-state index in [4.69, 9.17) is 14.6 Å². The van der Waals surface area contributed by atoms with E-state index in [9.17, 15) is 14.4 Å². The number of urea groups is 1. The number of anilines is 2. The molecular weight excluding hydrogens is 642 g/mol. The number of carbonyl (C=O) groups excluding carboxylic acids is 2. The minimum Gasteiger partial charge on any atom is -0.495 e. The van der Waals surface area contributed by atoms with Crippen LogP contribution < -0.4 is 20.1 Å². The zero-order chi connectivity index (χ0) is 31.8. The molecule has 2 fully saturated rings. The van der Waals surface area contributed by atoms with E-state index in [0.717, 1.165) is 28.9 Å². The number of aliphatic carboxylic acids is 1. The number of hydrogen-bond acceptors (Lipinski definition) is 7. The van der Waals surface area contributed by atoms with Gasteiger partial charge in [0.15, 0.2) is 0 Å². The Balaban J connectivity index is 1.24. The van der Waals surface area contributed by atoms with Gasteiger partial charge in [-0.25, -0.2) is 4.79 Å². The van der Waals surface area contributed by atoms with Crippen LogP contribution in [0.25, 0.3) is 0 Å². The van der Waals surface area contributed by atoms with Crippen LogP contribution in [0.3, 0.4) is 0 Å². The van der Waals surface area contributed by atoms with E-state index in [1.54, 1.807) is 18.2 Å². The Morgan fingerprint density at radius 2 is 1.60 bits per heavy atom. The van der Waals surface area contributed by atoms with Gasteiger partial charge in [-0.1, -0.05) is 36.4 Å². The fourth-order valence-corrected chi connectivity index (χ4v) is 6.20. The number of carbonyl (C=O) groups is 3. The molecule has 0 aromatic heterocycles. The van der Waals surface area contributed by atoms with Crippen LogP contribution in [0.5, 0.6) is 11.5 Å². The molecule has 0 radical (unpaired) electrons. The molecular formula is C33H38BrN5O6. The third-order valence-electron chi connectivity index (χ3n) is 8.03. The van der Waals surface area contributed by atoms with Crippen molar-refractivity contribution in [2.75, 3.05) is 63.6 Å². The molecule has 3 aromatic carbocycles. The van der Waals surface area contributed by atoms with Crippen LogP contribution in [0, 0.1) is 0 Å². The number of hydrogen-bond donors (Lipinski definition) is 3. The number of likely N-dealkylation sites (tertiary alicyclic amines) is 1. The Morgan fingerprint density at radius 1 is 0.911 bits per heavy atom. The summed E-state index contributed by atoms with van der Waals surface area (Å²) >= 11 is 3.43. The summed E-state index contributed by atoms with van der Waals surface area (Å²) in [5.41, 5.74) is 1.88. The van der Waals surface area contributed by atoms with E-state index >= 15 is 0 Å². The second kappa shape index (κ2) is 15.2. The fraction of sp³-hybridized carbons (Fsp3) is 0.364. The topological polar surface area (TPSA) is 124 Å². The number of para-hydroxylation sites is 2. The molecule has 238 valence electrons. The summed E-state index contributed by atoms with van der Waals surface area (Å²) in [5, 5.41) is 14.8. The van der Waals surface area contributed by atoms with Crippen molar-refractivity contribution >= 4 is 45.2 Å². The van der Waals surface area contributed by atoms with Crippen molar-refractivity contribution in [3.8, 4) is 11.5 Å². The number of rotatable bonds is 11. The number of carboxylic acid groups (broad SMARTS) is 1. The molecule has 2 atom stereocenters. The largest absolute Gasteiger partial charge is 0.495 e. The second-order valence-corrected chi connectivity index (χ2v) is 12.1. The van der Waals surface area contributed by atoms with Crippen molar-refractivity contribution in [2.45, 2.75) is 25.0 Å². The van der Waals surface area contributed by atoms with Gasteiger partial charge in [-0.2, -0.15) is 0 Å². The molecule has 2 unspecified atom stereocenters. The fourth-order valence-electron chi connectivity index (χ4n) is 5.81. The summed E-state index contributed by atoms with van der Waals surface area (Å²) in [7, 11) is 1.52. The Kier molecular flexibility index (Phi) is 10.9. The zero-order valence-corrected chi connectivity index (χ0v) is 26.7. The number of piperazine rings is 1. The van der Waals surface area contributed by atoms with Crippen molar-refractivity contribution < 1.29 is 29.0 Å². The van der Waals surface area contributed by atoms with Gasteiger partial charge in [0.2, 0.25) is 5.91 Å². The summed E-state index contributed by atoms with van der Waals surface area (Å²) in [6, 6.07) is 21.8. The normalized spacial score (nSPS) is 18.8. The number of ether oxygens (including phenoxy) is 2. The van der Waals surface area contributed by atoms with Gasteiger partial charge in [-0.3, -0.25) is 19.4 Å². The highest BCUT2D eigenvalue weighted by atomic mass is 79.9. The molecule has 3 amide bonds. The van der Waals surface area contributed by atoms with E-state index < -0.39 is 12.0 Å². The third-order valence-corrected chi connectivity index (χ3v) is 8.72. The molecule has 3 aromatic rings. The molecule has 2 aliphatic heterocycles. The summed E-state index contributed by atoms with van der Waals surface area (Å²) in [6.45, 7) is 4.06. The van der Waals surface area contributed by atoms with Crippen LogP contribution in [0.1, 0.15) is 12.0 Å². The zero-order valence-electron chi connectivity index (χ0n) is 25.2. The molecule has 2 aliphatic rings. The first-order valence-electron chi connectivity index (χ1n) is 14.9. The van der Waals surface area contributed by atoms with E-state index in [-0.39, 0.29) is 31.0 Å². The quantitative estimate of drug-likeness (QED) is 0.273. The number of amides is 3. The van der Waals surface area contributed by atoms with Gasteiger partial charge in [0.25, 0.3) is 0 Å². The first kappa shape index (κ1) is 32.3. The smallest absolute Gasteiger partial charge is 0.323 e. The van der Waals surface area contributed by atoms with Crippen molar-refractivity contribution in [3.63, 3.8) is 0 Å². The van der Waals surface area contributed by atoms with Crippen LogP contribution in [-0.4, -0.2) is 103 Å².